The zero-order valence-corrected chi connectivity index (χ0v) is 14.2. The predicted molar refractivity (Wildman–Crippen MR) is 91.7 cm³/mol. The van der Waals surface area contributed by atoms with Gasteiger partial charge in [-0.2, -0.15) is 0 Å². The predicted octanol–water partition coefficient (Wildman–Crippen LogP) is 2.63. The van der Waals surface area contributed by atoms with Gasteiger partial charge in [0.1, 0.15) is 16.5 Å². The standard InChI is InChI=1S/C16H24N4OS/c1-3-14-18-15(13-4-9-22-16(13)19-14)17-10-12(2)11-20-5-7-21-8-6-20/h4,9,12H,3,5-8,10-11H2,1-2H3,(H,17,18,19). The van der Waals surface area contributed by atoms with Crippen LogP contribution in [0, 0.1) is 5.92 Å². The first-order chi connectivity index (χ1) is 10.8. The summed E-state index contributed by atoms with van der Waals surface area (Å²) in [5.74, 6) is 2.47. The van der Waals surface area contributed by atoms with Crippen molar-refractivity contribution >= 4 is 27.4 Å². The molecule has 0 saturated carbocycles. The highest BCUT2D eigenvalue weighted by Gasteiger charge is 2.14. The van der Waals surface area contributed by atoms with Crippen LogP contribution in [0.2, 0.25) is 0 Å². The molecule has 1 N–H and O–H groups in total. The van der Waals surface area contributed by atoms with Crippen LogP contribution in [0.15, 0.2) is 11.4 Å². The number of nitrogens with zero attached hydrogens (tertiary/aromatic N) is 3. The number of anilines is 1. The second-order valence-corrected chi connectivity index (χ2v) is 6.78. The SMILES string of the molecule is CCc1nc(NCC(C)CN2CCOCC2)c2ccsc2n1. The summed E-state index contributed by atoms with van der Waals surface area (Å²) in [5, 5.41) is 6.76. The van der Waals surface area contributed by atoms with Crippen molar-refractivity contribution in [1.29, 1.82) is 0 Å². The van der Waals surface area contributed by atoms with Gasteiger partial charge in [-0.15, -0.1) is 11.3 Å². The minimum absolute atomic E-state index is 0.576. The molecule has 3 heterocycles. The zero-order valence-electron chi connectivity index (χ0n) is 13.3. The monoisotopic (exact) mass is 320 g/mol. The van der Waals surface area contributed by atoms with E-state index in [9.17, 15) is 0 Å². The molecular formula is C16H24N4OS. The zero-order chi connectivity index (χ0) is 15.4. The van der Waals surface area contributed by atoms with E-state index in [1.54, 1.807) is 11.3 Å². The van der Waals surface area contributed by atoms with Crippen molar-refractivity contribution in [2.75, 3.05) is 44.7 Å². The summed E-state index contributed by atoms with van der Waals surface area (Å²) in [7, 11) is 0. The number of morpholine rings is 1. The smallest absolute Gasteiger partial charge is 0.138 e. The average molecular weight is 320 g/mol. The lowest BCUT2D eigenvalue weighted by Crippen LogP contribution is -2.40. The third kappa shape index (κ3) is 3.74. The Morgan fingerprint density at radius 1 is 1.36 bits per heavy atom. The van der Waals surface area contributed by atoms with Gasteiger partial charge in [-0.05, 0) is 17.4 Å². The van der Waals surface area contributed by atoms with Gasteiger partial charge in [0.15, 0.2) is 0 Å². The summed E-state index contributed by atoms with van der Waals surface area (Å²) in [5.41, 5.74) is 0. The summed E-state index contributed by atoms with van der Waals surface area (Å²) < 4.78 is 5.40. The summed E-state index contributed by atoms with van der Waals surface area (Å²) in [6, 6.07) is 2.11. The molecular weight excluding hydrogens is 296 g/mol. The maximum absolute atomic E-state index is 5.40. The highest BCUT2D eigenvalue weighted by molar-refractivity contribution is 7.16. The Hall–Kier alpha value is -1.24. The molecule has 1 saturated heterocycles. The molecule has 0 amide bonds. The molecule has 0 spiro atoms. The third-order valence-corrected chi connectivity index (χ3v) is 4.79. The lowest BCUT2D eigenvalue weighted by atomic mass is 10.1. The van der Waals surface area contributed by atoms with Crippen molar-refractivity contribution in [2.45, 2.75) is 20.3 Å². The Balaban J connectivity index is 1.61. The highest BCUT2D eigenvalue weighted by atomic mass is 32.1. The molecule has 120 valence electrons. The number of aryl methyl sites for hydroxylation is 1. The molecule has 0 aliphatic carbocycles. The van der Waals surface area contributed by atoms with E-state index in [1.165, 1.54) is 0 Å². The number of hydrogen-bond donors (Lipinski definition) is 1. The number of aromatic nitrogens is 2. The number of hydrogen-bond acceptors (Lipinski definition) is 6. The van der Waals surface area contributed by atoms with Gasteiger partial charge in [-0.25, -0.2) is 9.97 Å². The maximum atomic E-state index is 5.40. The van der Waals surface area contributed by atoms with Crippen LogP contribution in [0.5, 0.6) is 0 Å². The summed E-state index contributed by atoms with van der Waals surface area (Å²) in [6.45, 7) is 10.2. The third-order valence-electron chi connectivity index (χ3n) is 3.98. The van der Waals surface area contributed by atoms with Gasteiger partial charge in [-0.1, -0.05) is 13.8 Å². The van der Waals surface area contributed by atoms with Gasteiger partial charge in [0.05, 0.1) is 18.6 Å². The normalized spacial score (nSPS) is 17.7. The van der Waals surface area contributed by atoms with Crippen LogP contribution in [0.25, 0.3) is 10.2 Å². The van der Waals surface area contributed by atoms with E-state index in [0.717, 1.165) is 67.7 Å². The fraction of sp³-hybridized carbons (Fsp3) is 0.625. The molecule has 0 bridgehead atoms. The maximum Gasteiger partial charge on any atom is 0.138 e. The first-order valence-electron chi connectivity index (χ1n) is 8.04. The number of fused-ring (bicyclic) bond motifs is 1. The van der Waals surface area contributed by atoms with Crippen LogP contribution in [0.3, 0.4) is 0 Å². The van der Waals surface area contributed by atoms with Crippen molar-refractivity contribution in [3.05, 3.63) is 17.3 Å². The molecule has 0 aromatic carbocycles. The van der Waals surface area contributed by atoms with Crippen LogP contribution in [0.4, 0.5) is 5.82 Å². The Bertz CT molecular complexity index is 609. The number of nitrogens with one attached hydrogen (secondary N) is 1. The highest BCUT2D eigenvalue weighted by Crippen LogP contribution is 2.25. The van der Waals surface area contributed by atoms with Crippen molar-refractivity contribution < 1.29 is 4.74 Å². The topological polar surface area (TPSA) is 50.3 Å². The Morgan fingerprint density at radius 3 is 2.95 bits per heavy atom. The Morgan fingerprint density at radius 2 is 2.18 bits per heavy atom. The van der Waals surface area contributed by atoms with Gasteiger partial charge in [0.25, 0.3) is 0 Å². The molecule has 1 fully saturated rings. The number of thiophene rings is 1. The van der Waals surface area contributed by atoms with Crippen LogP contribution in [-0.4, -0.2) is 54.3 Å². The second-order valence-electron chi connectivity index (χ2n) is 5.88. The fourth-order valence-electron chi connectivity index (χ4n) is 2.75. The summed E-state index contributed by atoms with van der Waals surface area (Å²) in [4.78, 5) is 12.8. The Kier molecular flexibility index (Phi) is 5.23. The molecule has 3 rings (SSSR count). The first-order valence-corrected chi connectivity index (χ1v) is 8.92. The molecule has 5 nitrogen and oxygen atoms in total. The number of rotatable bonds is 6. The van der Waals surface area contributed by atoms with Gasteiger partial charge in [0.2, 0.25) is 0 Å². The molecule has 1 atom stereocenters. The minimum atomic E-state index is 0.576. The van der Waals surface area contributed by atoms with Gasteiger partial charge in [0, 0.05) is 32.6 Å². The van der Waals surface area contributed by atoms with Crippen LogP contribution in [0.1, 0.15) is 19.7 Å². The molecule has 1 unspecified atom stereocenters. The van der Waals surface area contributed by atoms with Crippen molar-refractivity contribution in [3.8, 4) is 0 Å². The molecule has 1 aliphatic rings. The van der Waals surface area contributed by atoms with Crippen molar-refractivity contribution in [3.63, 3.8) is 0 Å². The van der Waals surface area contributed by atoms with E-state index in [1.807, 2.05) is 0 Å². The van der Waals surface area contributed by atoms with Gasteiger partial charge < -0.3 is 10.1 Å². The van der Waals surface area contributed by atoms with Gasteiger partial charge >= 0.3 is 0 Å². The summed E-state index contributed by atoms with van der Waals surface area (Å²) >= 11 is 1.68. The molecule has 1 aliphatic heterocycles. The Labute approximate surface area is 135 Å². The van der Waals surface area contributed by atoms with E-state index in [2.05, 4.69) is 45.5 Å². The largest absolute Gasteiger partial charge is 0.379 e. The molecule has 22 heavy (non-hydrogen) atoms. The van der Waals surface area contributed by atoms with Crippen molar-refractivity contribution in [2.24, 2.45) is 5.92 Å². The lowest BCUT2D eigenvalue weighted by molar-refractivity contribution is 0.0325. The minimum Gasteiger partial charge on any atom is -0.379 e. The lowest BCUT2D eigenvalue weighted by Gasteiger charge is -2.29. The van der Waals surface area contributed by atoms with E-state index in [0.29, 0.717) is 5.92 Å². The van der Waals surface area contributed by atoms with Gasteiger partial charge in [-0.3, -0.25) is 4.90 Å². The molecule has 2 aromatic heterocycles. The van der Waals surface area contributed by atoms with E-state index in [4.69, 9.17) is 4.74 Å². The van der Waals surface area contributed by atoms with E-state index in [-0.39, 0.29) is 0 Å². The van der Waals surface area contributed by atoms with Crippen LogP contribution < -0.4 is 5.32 Å². The van der Waals surface area contributed by atoms with Crippen LogP contribution >= 0.6 is 11.3 Å². The number of ether oxygens (including phenoxy) is 1. The fourth-order valence-corrected chi connectivity index (χ4v) is 3.54. The van der Waals surface area contributed by atoms with E-state index >= 15 is 0 Å². The molecule has 2 aromatic rings. The first kappa shape index (κ1) is 15.6. The average Bonchev–Trinajstić information content (AvgIpc) is 3.02. The second kappa shape index (κ2) is 7.35. The quantitative estimate of drug-likeness (QED) is 0.887. The molecule has 6 heteroatoms. The van der Waals surface area contributed by atoms with Crippen molar-refractivity contribution in [1.82, 2.24) is 14.9 Å². The summed E-state index contributed by atoms with van der Waals surface area (Å²) in [6.07, 6.45) is 0.867. The van der Waals surface area contributed by atoms with Crippen LogP contribution in [-0.2, 0) is 11.2 Å². The van der Waals surface area contributed by atoms with E-state index < -0.39 is 0 Å². The molecule has 0 radical (unpaired) electrons.